The summed E-state index contributed by atoms with van der Waals surface area (Å²) in [6.45, 7) is 0. The predicted octanol–water partition coefficient (Wildman–Crippen LogP) is 3.06. The summed E-state index contributed by atoms with van der Waals surface area (Å²) < 4.78 is 18.2. The van der Waals surface area contributed by atoms with Gasteiger partial charge in [0.1, 0.15) is 11.5 Å². The molecule has 2 aromatic carbocycles. The minimum atomic E-state index is -0.925. The van der Waals surface area contributed by atoms with E-state index in [1.807, 2.05) is 0 Å². The number of ether oxygens (including phenoxy) is 1. The van der Waals surface area contributed by atoms with Gasteiger partial charge in [-0.1, -0.05) is 30.3 Å². The first kappa shape index (κ1) is 15.6. The SMILES string of the molecule is CO[C@H](C(=O)Nc1ccc(F)cc1[N+](=O)[O-])c1ccccc1. The lowest BCUT2D eigenvalue weighted by molar-refractivity contribution is -0.384. The van der Waals surface area contributed by atoms with E-state index in [2.05, 4.69) is 5.32 Å². The zero-order valence-electron chi connectivity index (χ0n) is 11.7. The molecule has 6 nitrogen and oxygen atoms in total. The molecule has 2 aromatic rings. The Morgan fingerprint density at radius 1 is 1.27 bits per heavy atom. The number of halogens is 1. The maximum absolute atomic E-state index is 13.1. The second-order valence-electron chi connectivity index (χ2n) is 4.43. The van der Waals surface area contributed by atoms with E-state index in [4.69, 9.17) is 4.74 Å². The maximum Gasteiger partial charge on any atom is 0.295 e. The Hall–Kier alpha value is -2.80. The highest BCUT2D eigenvalue weighted by Gasteiger charge is 2.23. The van der Waals surface area contributed by atoms with Gasteiger partial charge in [0.2, 0.25) is 0 Å². The van der Waals surface area contributed by atoms with E-state index in [1.54, 1.807) is 30.3 Å². The number of hydrogen-bond acceptors (Lipinski definition) is 4. The van der Waals surface area contributed by atoms with Crippen molar-refractivity contribution in [3.8, 4) is 0 Å². The second kappa shape index (κ2) is 6.77. The molecule has 2 rings (SSSR count). The summed E-state index contributed by atoms with van der Waals surface area (Å²) in [7, 11) is 1.36. The van der Waals surface area contributed by atoms with Gasteiger partial charge in [-0.2, -0.15) is 0 Å². The second-order valence-corrected chi connectivity index (χ2v) is 4.43. The normalized spacial score (nSPS) is 11.7. The number of amides is 1. The number of nitro benzene ring substituents is 1. The van der Waals surface area contributed by atoms with Crippen molar-refractivity contribution in [1.82, 2.24) is 0 Å². The molecule has 0 aliphatic carbocycles. The highest BCUT2D eigenvalue weighted by Crippen LogP contribution is 2.27. The van der Waals surface area contributed by atoms with Crippen LogP contribution in [0.3, 0.4) is 0 Å². The Morgan fingerprint density at radius 2 is 1.95 bits per heavy atom. The molecule has 0 aliphatic heterocycles. The molecule has 1 amide bonds. The lowest BCUT2D eigenvalue weighted by atomic mass is 10.1. The van der Waals surface area contributed by atoms with Gasteiger partial charge in [-0.15, -0.1) is 0 Å². The van der Waals surface area contributed by atoms with Crippen LogP contribution in [0.1, 0.15) is 11.7 Å². The van der Waals surface area contributed by atoms with Crippen molar-refractivity contribution < 1.29 is 18.8 Å². The molecule has 0 aliphatic rings. The number of rotatable bonds is 5. The third-order valence-electron chi connectivity index (χ3n) is 2.99. The van der Waals surface area contributed by atoms with Crippen molar-refractivity contribution in [1.29, 1.82) is 0 Å². The van der Waals surface area contributed by atoms with Crippen molar-refractivity contribution in [2.75, 3.05) is 12.4 Å². The standard InChI is InChI=1S/C15H13FN2O4/c1-22-14(10-5-3-2-4-6-10)15(19)17-12-8-7-11(16)9-13(12)18(20)21/h2-9,14H,1H3,(H,17,19)/t14-/m0/s1. The van der Waals surface area contributed by atoms with Gasteiger partial charge in [-0.3, -0.25) is 14.9 Å². The van der Waals surface area contributed by atoms with E-state index in [1.165, 1.54) is 7.11 Å². The van der Waals surface area contributed by atoms with E-state index < -0.39 is 28.4 Å². The molecule has 0 fully saturated rings. The fraction of sp³-hybridized carbons (Fsp3) is 0.133. The van der Waals surface area contributed by atoms with E-state index in [-0.39, 0.29) is 5.69 Å². The monoisotopic (exact) mass is 304 g/mol. The van der Waals surface area contributed by atoms with Gasteiger partial charge < -0.3 is 10.1 Å². The molecular formula is C15H13FN2O4. The fourth-order valence-corrected chi connectivity index (χ4v) is 1.98. The Labute approximate surface area is 125 Å². The third kappa shape index (κ3) is 3.44. The van der Waals surface area contributed by atoms with Gasteiger partial charge in [0, 0.05) is 7.11 Å². The number of nitrogens with one attached hydrogen (secondary N) is 1. The van der Waals surface area contributed by atoms with Crippen LogP contribution >= 0.6 is 0 Å². The van der Waals surface area contributed by atoms with Crippen LogP contribution in [-0.4, -0.2) is 17.9 Å². The smallest absolute Gasteiger partial charge is 0.295 e. The van der Waals surface area contributed by atoms with Crippen molar-refractivity contribution in [3.05, 3.63) is 70.0 Å². The maximum atomic E-state index is 13.1. The molecule has 0 heterocycles. The first-order valence-electron chi connectivity index (χ1n) is 6.35. The third-order valence-corrected chi connectivity index (χ3v) is 2.99. The first-order valence-corrected chi connectivity index (χ1v) is 6.35. The summed E-state index contributed by atoms with van der Waals surface area (Å²) >= 11 is 0. The number of hydrogen-bond donors (Lipinski definition) is 1. The van der Waals surface area contributed by atoms with Crippen molar-refractivity contribution in [3.63, 3.8) is 0 Å². The Balaban J connectivity index is 2.26. The Kier molecular flexibility index (Phi) is 4.80. The number of nitrogens with zero attached hydrogens (tertiary/aromatic N) is 1. The van der Waals surface area contributed by atoms with E-state index in [9.17, 15) is 19.3 Å². The molecule has 0 saturated heterocycles. The average molecular weight is 304 g/mol. The van der Waals surface area contributed by atoms with Crippen LogP contribution in [0.4, 0.5) is 15.8 Å². The molecule has 1 atom stereocenters. The van der Waals surface area contributed by atoms with E-state index in [0.717, 1.165) is 18.2 Å². The molecule has 0 aromatic heterocycles. The number of carbonyl (C=O) groups is 1. The summed E-state index contributed by atoms with van der Waals surface area (Å²) in [4.78, 5) is 22.4. The van der Waals surface area contributed by atoms with Crippen LogP contribution in [0.2, 0.25) is 0 Å². The van der Waals surface area contributed by atoms with Gasteiger partial charge in [-0.05, 0) is 17.7 Å². The van der Waals surface area contributed by atoms with Crippen molar-refractivity contribution in [2.45, 2.75) is 6.10 Å². The zero-order chi connectivity index (χ0) is 16.1. The first-order chi connectivity index (χ1) is 10.5. The summed E-state index contributed by atoms with van der Waals surface area (Å²) in [5, 5.41) is 13.3. The van der Waals surface area contributed by atoms with Crippen LogP contribution in [0.15, 0.2) is 48.5 Å². The molecule has 0 unspecified atom stereocenters. The average Bonchev–Trinajstić information content (AvgIpc) is 2.50. The number of nitro groups is 1. The van der Waals surface area contributed by atoms with Crippen LogP contribution < -0.4 is 5.32 Å². The van der Waals surface area contributed by atoms with E-state index in [0.29, 0.717) is 5.56 Å². The highest BCUT2D eigenvalue weighted by molar-refractivity contribution is 5.96. The van der Waals surface area contributed by atoms with E-state index >= 15 is 0 Å². The zero-order valence-corrected chi connectivity index (χ0v) is 11.7. The number of carbonyl (C=O) groups excluding carboxylic acids is 1. The quantitative estimate of drug-likeness (QED) is 0.680. The molecule has 7 heteroatoms. The number of anilines is 1. The van der Waals surface area contributed by atoms with Crippen LogP contribution in [0.25, 0.3) is 0 Å². The molecule has 22 heavy (non-hydrogen) atoms. The van der Waals surface area contributed by atoms with Gasteiger partial charge in [0.05, 0.1) is 11.0 Å². The van der Waals surface area contributed by atoms with Crippen LogP contribution in [0, 0.1) is 15.9 Å². The van der Waals surface area contributed by atoms with Crippen LogP contribution in [-0.2, 0) is 9.53 Å². The van der Waals surface area contributed by atoms with Gasteiger partial charge in [0.25, 0.3) is 11.6 Å². The van der Waals surface area contributed by atoms with Gasteiger partial charge in [-0.25, -0.2) is 4.39 Å². The topological polar surface area (TPSA) is 81.5 Å². The molecule has 1 N–H and O–H groups in total. The largest absolute Gasteiger partial charge is 0.367 e. The summed E-state index contributed by atoms with van der Waals surface area (Å²) in [6, 6.07) is 11.6. The lowest BCUT2D eigenvalue weighted by Crippen LogP contribution is -2.23. The molecular weight excluding hydrogens is 291 g/mol. The molecule has 0 bridgehead atoms. The highest BCUT2D eigenvalue weighted by atomic mass is 19.1. The lowest BCUT2D eigenvalue weighted by Gasteiger charge is -2.15. The molecule has 0 saturated carbocycles. The molecule has 0 spiro atoms. The summed E-state index contributed by atoms with van der Waals surface area (Å²) in [6.07, 6.45) is -0.925. The molecule has 114 valence electrons. The summed E-state index contributed by atoms with van der Waals surface area (Å²) in [5.41, 5.74) is -0.00193. The van der Waals surface area contributed by atoms with Gasteiger partial charge >= 0.3 is 0 Å². The fourth-order valence-electron chi connectivity index (χ4n) is 1.98. The minimum absolute atomic E-state index is 0.0885. The predicted molar refractivity (Wildman–Crippen MR) is 77.9 cm³/mol. The van der Waals surface area contributed by atoms with Gasteiger partial charge in [0.15, 0.2) is 6.10 Å². The Bertz CT molecular complexity index is 691. The van der Waals surface area contributed by atoms with Crippen molar-refractivity contribution >= 4 is 17.3 Å². The minimum Gasteiger partial charge on any atom is -0.367 e. The number of benzene rings is 2. The summed E-state index contributed by atoms with van der Waals surface area (Å²) in [5.74, 6) is -1.33. The Morgan fingerprint density at radius 3 is 2.55 bits per heavy atom. The molecule has 0 radical (unpaired) electrons. The van der Waals surface area contributed by atoms with Crippen LogP contribution in [0.5, 0.6) is 0 Å². The van der Waals surface area contributed by atoms with Crippen molar-refractivity contribution in [2.24, 2.45) is 0 Å². The number of methoxy groups -OCH3 is 1.